The first kappa shape index (κ1) is 16.3. The number of carboxylic acids is 1. The summed E-state index contributed by atoms with van der Waals surface area (Å²) in [7, 11) is 1.64. The van der Waals surface area contributed by atoms with E-state index in [0.29, 0.717) is 12.5 Å². The fourth-order valence-electron chi connectivity index (χ4n) is 1.94. The maximum atomic E-state index is 11.1. The van der Waals surface area contributed by atoms with Crippen LogP contribution in [-0.4, -0.2) is 31.3 Å². The molecular formula is C16H25NO3. The van der Waals surface area contributed by atoms with E-state index in [9.17, 15) is 4.79 Å². The van der Waals surface area contributed by atoms with Gasteiger partial charge in [-0.2, -0.15) is 0 Å². The molecule has 1 N–H and O–H groups in total. The molecule has 4 heteroatoms. The molecule has 1 rings (SSSR count). The fourth-order valence-corrected chi connectivity index (χ4v) is 1.94. The van der Waals surface area contributed by atoms with Crippen LogP contribution < -0.4 is 9.64 Å². The average Bonchev–Trinajstić information content (AvgIpc) is 2.43. The van der Waals surface area contributed by atoms with E-state index >= 15 is 0 Å². The number of hydrogen-bond acceptors (Lipinski definition) is 3. The van der Waals surface area contributed by atoms with E-state index in [4.69, 9.17) is 9.84 Å². The number of anilines is 1. The average molecular weight is 279 g/mol. The third-order valence-electron chi connectivity index (χ3n) is 3.33. The van der Waals surface area contributed by atoms with Crippen molar-refractivity contribution in [3.8, 4) is 5.75 Å². The van der Waals surface area contributed by atoms with Crippen LogP contribution in [0.1, 0.15) is 27.2 Å². The molecule has 0 aliphatic carbocycles. The molecule has 0 aliphatic rings. The highest BCUT2D eigenvalue weighted by Crippen LogP contribution is 2.21. The van der Waals surface area contributed by atoms with Crippen molar-refractivity contribution in [3.05, 3.63) is 24.3 Å². The van der Waals surface area contributed by atoms with Gasteiger partial charge in [0.25, 0.3) is 0 Å². The van der Waals surface area contributed by atoms with Crippen molar-refractivity contribution in [2.24, 2.45) is 11.8 Å². The largest absolute Gasteiger partial charge is 0.497 e. The zero-order valence-corrected chi connectivity index (χ0v) is 12.8. The van der Waals surface area contributed by atoms with Crippen molar-refractivity contribution in [1.82, 2.24) is 0 Å². The van der Waals surface area contributed by atoms with Crippen molar-refractivity contribution >= 4 is 11.7 Å². The van der Waals surface area contributed by atoms with E-state index in [0.717, 1.165) is 24.4 Å². The van der Waals surface area contributed by atoms with Crippen LogP contribution in [0.4, 0.5) is 5.69 Å². The molecule has 0 saturated heterocycles. The smallest absolute Gasteiger partial charge is 0.308 e. The van der Waals surface area contributed by atoms with Gasteiger partial charge in [-0.3, -0.25) is 4.79 Å². The number of nitrogens with zero attached hydrogens (tertiary/aromatic N) is 1. The van der Waals surface area contributed by atoms with Crippen molar-refractivity contribution in [2.75, 3.05) is 25.1 Å². The zero-order chi connectivity index (χ0) is 15.1. The molecule has 0 aromatic heterocycles. The molecular weight excluding hydrogens is 254 g/mol. The second-order valence-corrected chi connectivity index (χ2v) is 5.57. The number of carbonyl (C=O) groups is 1. The predicted octanol–water partition coefficient (Wildman–Crippen LogP) is 3.27. The molecule has 20 heavy (non-hydrogen) atoms. The molecule has 1 unspecified atom stereocenters. The lowest BCUT2D eigenvalue weighted by atomic mass is 10.1. The standard InChI is InChI=1S/C16H25NO3/c1-12(2)9-10-17(11-13(3)16(18)19)14-5-7-15(20-4)8-6-14/h5-8,12-13H,9-11H2,1-4H3,(H,18,19). The summed E-state index contributed by atoms with van der Waals surface area (Å²) in [5, 5.41) is 9.09. The van der Waals surface area contributed by atoms with Crippen molar-refractivity contribution in [3.63, 3.8) is 0 Å². The van der Waals surface area contributed by atoms with Gasteiger partial charge in [0.1, 0.15) is 5.75 Å². The van der Waals surface area contributed by atoms with Crippen LogP contribution in [0.2, 0.25) is 0 Å². The number of hydrogen-bond donors (Lipinski definition) is 1. The Morgan fingerprint density at radius 1 is 1.25 bits per heavy atom. The third kappa shape index (κ3) is 5.11. The highest BCUT2D eigenvalue weighted by molar-refractivity contribution is 5.70. The Morgan fingerprint density at radius 2 is 1.85 bits per heavy atom. The van der Waals surface area contributed by atoms with Gasteiger partial charge in [0.05, 0.1) is 13.0 Å². The highest BCUT2D eigenvalue weighted by atomic mass is 16.5. The summed E-state index contributed by atoms with van der Waals surface area (Å²) < 4.78 is 5.15. The first-order chi connectivity index (χ1) is 9.43. The van der Waals surface area contributed by atoms with Crippen molar-refractivity contribution in [1.29, 1.82) is 0 Å². The normalized spacial score (nSPS) is 12.2. The summed E-state index contributed by atoms with van der Waals surface area (Å²) in [5.41, 5.74) is 1.04. The highest BCUT2D eigenvalue weighted by Gasteiger charge is 2.17. The Labute approximate surface area is 121 Å². The van der Waals surface area contributed by atoms with Gasteiger partial charge in [-0.1, -0.05) is 20.8 Å². The lowest BCUT2D eigenvalue weighted by Gasteiger charge is -2.27. The van der Waals surface area contributed by atoms with Gasteiger partial charge in [-0.25, -0.2) is 0 Å². The zero-order valence-electron chi connectivity index (χ0n) is 12.8. The van der Waals surface area contributed by atoms with Gasteiger partial charge in [0.2, 0.25) is 0 Å². The molecule has 0 amide bonds. The number of ether oxygens (including phenoxy) is 1. The van der Waals surface area contributed by atoms with Gasteiger partial charge in [0, 0.05) is 18.8 Å². The maximum absolute atomic E-state index is 11.1. The maximum Gasteiger partial charge on any atom is 0.308 e. The van der Waals surface area contributed by atoms with Gasteiger partial charge in [-0.15, -0.1) is 0 Å². The Bertz CT molecular complexity index is 414. The Kier molecular flexibility index (Phi) is 6.36. The van der Waals surface area contributed by atoms with Crippen LogP contribution in [0.25, 0.3) is 0 Å². The van der Waals surface area contributed by atoms with Crippen LogP contribution >= 0.6 is 0 Å². The minimum Gasteiger partial charge on any atom is -0.497 e. The van der Waals surface area contributed by atoms with Crippen LogP contribution in [0, 0.1) is 11.8 Å². The molecule has 0 spiro atoms. The van der Waals surface area contributed by atoms with E-state index in [1.807, 2.05) is 24.3 Å². The van der Waals surface area contributed by atoms with Crippen LogP contribution in [0.5, 0.6) is 5.75 Å². The van der Waals surface area contributed by atoms with E-state index in [1.54, 1.807) is 14.0 Å². The van der Waals surface area contributed by atoms with E-state index in [1.165, 1.54) is 0 Å². The molecule has 0 fully saturated rings. The Balaban J connectivity index is 2.81. The van der Waals surface area contributed by atoms with E-state index < -0.39 is 5.97 Å². The number of methoxy groups -OCH3 is 1. The molecule has 0 aliphatic heterocycles. The number of benzene rings is 1. The Morgan fingerprint density at radius 3 is 2.30 bits per heavy atom. The predicted molar refractivity (Wildman–Crippen MR) is 81.5 cm³/mol. The lowest BCUT2D eigenvalue weighted by Crippen LogP contribution is -2.33. The van der Waals surface area contributed by atoms with Gasteiger partial charge < -0.3 is 14.7 Å². The molecule has 1 aromatic carbocycles. The minimum absolute atomic E-state index is 0.385. The second-order valence-electron chi connectivity index (χ2n) is 5.57. The summed E-state index contributed by atoms with van der Waals surface area (Å²) in [6.45, 7) is 7.48. The number of aliphatic carboxylic acids is 1. The first-order valence-corrected chi connectivity index (χ1v) is 7.05. The molecule has 4 nitrogen and oxygen atoms in total. The topological polar surface area (TPSA) is 49.8 Å². The SMILES string of the molecule is COc1ccc(N(CCC(C)C)CC(C)C(=O)O)cc1. The van der Waals surface area contributed by atoms with E-state index in [2.05, 4.69) is 18.7 Å². The summed E-state index contributed by atoms with van der Waals surface area (Å²) in [4.78, 5) is 13.2. The molecule has 0 saturated carbocycles. The van der Waals surface area contributed by atoms with Crippen LogP contribution in [0.15, 0.2) is 24.3 Å². The third-order valence-corrected chi connectivity index (χ3v) is 3.33. The van der Waals surface area contributed by atoms with Crippen molar-refractivity contribution < 1.29 is 14.6 Å². The number of rotatable bonds is 8. The second kappa shape index (κ2) is 7.78. The number of carboxylic acid groups (broad SMARTS) is 1. The molecule has 0 heterocycles. The summed E-state index contributed by atoms with van der Waals surface area (Å²) in [6.07, 6.45) is 1.04. The summed E-state index contributed by atoms with van der Waals surface area (Å²) >= 11 is 0. The fraction of sp³-hybridized carbons (Fsp3) is 0.562. The molecule has 1 atom stereocenters. The van der Waals surface area contributed by atoms with E-state index in [-0.39, 0.29) is 5.92 Å². The van der Waals surface area contributed by atoms with Gasteiger partial charge in [0.15, 0.2) is 0 Å². The molecule has 112 valence electrons. The van der Waals surface area contributed by atoms with Crippen LogP contribution in [0.3, 0.4) is 0 Å². The lowest BCUT2D eigenvalue weighted by molar-refractivity contribution is -0.140. The summed E-state index contributed by atoms with van der Waals surface area (Å²) in [5.74, 6) is 0.261. The molecule has 0 bridgehead atoms. The monoisotopic (exact) mass is 279 g/mol. The quantitative estimate of drug-likeness (QED) is 0.793. The molecule has 0 radical (unpaired) electrons. The van der Waals surface area contributed by atoms with Crippen molar-refractivity contribution in [2.45, 2.75) is 27.2 Å². The van der Waals surface area contributed by atoms with Gasteiger partial charge in [-0.05, 0) is 36.6 Å². The molecule has 1 aromatic rings. The summed E-state index contributed by atoms with van der Waals surface area (Å²) in [6, 6.07) is 7.77. The van der Waals surface area contributed by atoms with Gasteiger partial charge >= 0.3 is 5.97 Å². The Hall–Kier alpha value is -1.71. The minimum atomic E-state index is -0.756. The first-order valence-electron chi connectivity index (χ1n) is 7.05. The van der Waals surface area contributed by atoms with Crippen LogP contribution in [-0.2, 0) is 4.79 Å².